The van der Waals surface area contributed by atoms with Crippen LogP contribution < -0.4 is 5.32 Å². The first kappa shape index (κ1) is 13.6. The highest BCUT2D eigenvalue weighted by molar-refractivity contribution is 5.85. The van der Waals surface area contributed by atoms with Crippen molar-refractivity contribution in [2.45, 2.75) is 31.7 Å². The van der Waals surface area contributed by atoms with Gasteiger partial charge in [0.15, 0.2) is 0 Å². The van der Waals surface area contributed by atoms with Crippen LogP contribution in [-0.2, 0) is 9.53 Å². The summed E-state index contributed by atoms with van der Waals surface area (Å²) in [5, 5.41) is 2.84. The number of carbonyl (C=O) groups excluding carboxylic acids is 1. The first-order chi connectivity index (χ1) is 7.06. The van der Waals surface area contributed by atoms with Crippen LogP contribution in [0.15, 0.2) is 0 Å². The molecule has 2 rings (SSSR count). The van der Waals surface area contributed by atoms with Gasteiger partial charge >= 0.3 is 5.97 Å². The Balaban J connectivity index is 0.00000128. The minimum Gasteiger partial charge on any atom is -0.465 e. The molecule has 0 radical (unpaired) electrons. The van der Waals surface area contributed by atoms with Gasteiger partial charge < -0.3 is 10.1 Å². The molecule has 16 heavy (non-hydrogen) atoms. The van der Waals surface area contributed by atoms with Crippen molar-refractivity contribution in [2.24, 2.45) is 11.8 Å². The number of hydrogen-bond acceptors (Lipinski definition) is 3. The number of halogens is 3. The lowest BCUT2D eigenvalue weighted by Gasteiger charge is -2.17. The van der Waals surface area contributed by atoms with Gasteiger partial charge in [0.05, 0.1) is 6.61 Å². The van der Waals surface area contributed by atoms with Gasteiger partial charge in [-0.3, -0.25) is 4.79 Å². The van der Waals surface area contributed by atoms with E-state index in [1.54, 1.807) is 6.92 Å². The predicted octanol–water partition coefficient (Wildman–Crippen LogP) is 1.60. The summed E-state index contributed by atoms with van der Waals surface area (Å²) in [5.74, 6) is -3.94. The molecule has 0 aromatic heterocycles. The number of hydrogen-bond donors (Lipinski definition) is 1. The van der Waals surface area contributed by atoms with Gasteiger partial charge in [-0.1, -0.05) is 0 Å². The number of fused-ring (bicyclic) bond motifs is 1. The van der Waals surface area contributed by atoms with Crippen molar-refractivity contribution in [3.63, 3.8) is 0 Å². The van der Waals surface area contributed by atoms with E-state index in [4.69, 9.17) is 4.74 Å². The first-order valence-electron chi connectivity index (χ1n) is 5.34. The van der Waals surface area contributed by atoms with E-state index in [9.17, 15) is 13.6 Å². The van der Waals surface area contributed by atoms with Crippen molar-refractivity contribution in [3.8, 4) is 0 Å². The van der Waals surface area contributed by atoms with Gasteiger partial charge in [0.25, 0.3) is 5.92 Å². The van der Waals surface area contributed by atoms with Crippen molar-refractivity contribution < 1.29 is 18.3 Å². The second-order valence-corrected chi connectivity index (χ2v) is 4.21. The molecule has 6 heteroatoms. The zero-order chi connectivity index (χ0) is 11.1. The monoisotopic (exact) mass is 255 g/mol. The molecule has 1 aliphatic heterocycles. The minimum atomic E-state index is -2.61. The molecule has 1 N–H and O–H groups in total. The third kappa shape index (κ3) is 2.15. The maximum Gasteiger partial charge on any atom is 0.323 e. The van der Waals surface area contributed by atoms with Crippen LogP contribution in [0, 0.1) is 11.8 Å². The van der Waals surface area contributed by atoms with Crippen LogP contribution in [0.2, 0.25) is 0 Å². The van der Waals surface area contributed by atoms with Crippen molar-refractivity contribution in [3.05, 3.63) is 0 Å². The van der Waals surface area contributed by atoms with Gasteiger partial charge in [0.2, 0.25) is 0 Å². The molecule has 2 aliphatic rings. The minimum absolute atomic E-state index is 0. The van der Waals surface area contributed by atoms with Crippen molar-refractivity contribution in [2.75, 3.05) is 13.2 Å². The van der Waals surface area contributed by atoms with Crippen LogP contribution in [0.5, 0.6) is 0 Å². The van der Waals surface area contributed by atoms with E-state index in [1.807, 2.05) is 0 Å². The molecule has 0 aromatic rings. The second-order valence-electron chi connectivity index (χ2n) is 4.21. The number of carbonyl (C=O) groups is 1. The topological polar surface area (TPSA) is 38.3 Å². The Bertz CT molecular complexity index is 276. The highest BCUT2D eigenvalue weighted by Gasteiger charge is 2.57. The number of rotatable bonds is 2. The van der Waals surface area contributed by atoms with E-state index in [1.165, 1.54) is 0 Å². The Morgan fingerprint density at radius 1 is 1.56 bits per heavy atom. The van der Waals surface area contributed by atoms with Gasteiger partial charge in [-0.25, -0.2) is 8.78 Å². The molecule has 1 saturated heterocycles. The van der Waals surface area contributed by atoms with E-state index in [0.29, 0.717) is 13.0 Å². The Labute approximate surface area is 99.3 Å². The van der Waals surface area contributed by atoms with Gasteiger partial charge in [-0.05, 0) is 19.3 Å². The highest BCUT2D eigenvalue weighted by atomic mass is 35.5. The van der Waals surface area contributed by atoms with E-state index in [0.717, 1.165) is 0 Å². The van der Waals surface area contributed by atoms with Crippen LogP contribution >= 0.6 is 12.4 Å². The Morgan fingerprint density at radius 2 is 2.25 bits per heavy atom. The summed E-state index contributed by atoms with van der Waals surface area (Å²) in [7, 11) is 0. The molecule has 2 fully saturated rings. The Kier molecular flexibility index (Phi) is 4.12. The molecule has 0 unspecified atom stereocenters. The highest BCUT2D eigenvalue weighted by Crippen LogP contribution is 2.48. The third-order valence-corrected chi connectivity index (χ3v) is 3.40. The molecule has 0 aromatic carbocycles. The van der Waals surface area contributed by atoms with Gasteiger partial charge in [-0.2, -0.15) is 0 Å². The summed E-state index contributed by atoms with van der Waals surface area (Å²) in [6.45, 7) is 2.24. The van der Waals surface area contributed by atoms with Crippen LogP contribution in [0.1, 0.15) is 19.8 Å². The summed E-state index contributed by atoms with van der Waals surface area (Å²) in [6.07, 6.45) is 0.314. The number of alkyl halides is 2. The normalized spacial score (nSPS) is 35.3. The van der Waals surface area contributed by atoms with Gasteiger partial charge in [-0.15, -0.1) is 12.4 Å². The van der Waals surface area contributed by atoms with Crippen molar-refractivity contribution in [1.29, 1.82) is 0 Å². The van der Waals surface area contributed by atoms with Crippen LogP contribution in [0.4, 0.5) is 8.78 Å². The number of ether oxygens (including phenoxy) is 1. The molecule has 1 aliphatic carbocycles. The zero-order valence-electron chi connectivity index (χ0n) is 9.04. The molecule has 94 valence electrons. The SMILES string of the molecule is CCOC(=O)[C@H]1NC[C@@H]2[C@@H]1CCC2(F)F.Cl. The van der Waals surface area contributed by atoms with Gasteiger partial charge in [0.1, 0.15) is 6.04 Å². The maximum atomic E-state index is 13.3. The zero-order valence-corrected chi connectivity index (χ0v) is 9.86. The average Bonchev–Trinajstić information content (AvgIpc) is 2.69. The molecule has 0 bridgehead atoms. The van der Waals surface area contributed by atoms with Crippen molar-refractivity contribution >= 4 is 18.4 Å². The lowest BCUT2D eigenvalue weighted by atomic mass is 9.93. The average molecular weight is 256 g/mol. The smallest absolute Gasteiger partial charge is 0.323 e. The molecule has 0 amide bonds. The summed E-state index contributed by atoms with van der Waals surface area (Å²) >= 11 is 0. The Hall–Kier alpha value is -0.420. The van der Waals surface area contributed by atoms with Crippen LogP contribution in [0.3, 0.4) is 0 Å². The molecule has 1 heterocycles. The van der Waals surface area contributed by atoms with E-state index in [-0.39, 0.29) is 37.3 Å². The number of esters is 1. The van der Waals surface area contributed by atoms with Crippen LogP contribution in [0.25, 0.3) is 0 Å². The van der Waals surface area contributed by atoms with Crippen LogP contribution in [-0.4, -0.2) is 31.1 Å². The quantitative estimate of drug-likeness (QED) is 0.762. The lowest BCUT2D eigenvalue weighted by molar-refractivity contribution is -0.146. The second kappa shape index (κ2) is 4.84. The predicted molar refractivity (Wildman–Crippen MR) is 56.8 cm³/mol. The van der Waals surface area contributed by atoms with Crippen molar-refractivity contribution in [1.82, 2.24) is 5.32 Å². The number of nitrogens with one attached hydrogen (secondary N) is 1. The fourth-order valence-corrected chi connectivity index (χ4v) is 2.65. The lowest BCUT2D eigenvalue weighted by Crippen LogP contribution is -2.37. The largest absolute Gasteiger partial charge is 0.465 e. The first-order valence-corrected chi connectivity index (χ1v) is 5.34. The van der Waals surface area contributed by atoms with Gasteiger partial charge in [0, 0.05) is 18.9 Å². The standard InChI is InChI=1S/C10H15F2NO2.ClH/c1-2-15-9(14)8-6-3-4-10(11,12)7(6)5-13-8;/h6-8,13H,2-5H2,1H3;1H/t6-,7+,8-;/m0./s1. The summed E-state index contributed by atoms with van der Waals surface area (Å²) in [5.41, 5.74) is 0. The third-order valence-electron chi connectivity index (χ3n) is 3.40. The van der Waals surface area contributed by atoms with E-state index >= 15 is 0 Å². The molecule has 1 saturated carbocycles. The molecule has 3 atom stereocenters. The summed E-state index contributed by atoms with van der Waals surface area (Å²) in [4.78, 5) is 11.5. The molecule has 3 nitrogen and oxygen atoms in total. The molecule has 0 spiro atoms. The Morgan fingerprint density at radius 3 is 2.88 bits per heavy atom. The summed E-state index contributed by atoms with van der Waals surface area (Å²) < 4.78 is 31.5. The molecular weight excluding hydrogens is 240 g/mol. The fraction of sp³-hybridized carbons (Fsp3) is 0.900. The van der Waals surface area contributed by atoms with E-state index < -0.39 is 17.9 Å². The fourth-order valence-electron chi connectivity index (χ4n) is 2.65. The summed E-state index contributed by atoms with van der Waals surface area (Å²) in [6, 6.07) is -0.525. The van der Waals surface area contributed by atoms with E-state index in [2.05, 4.69) is 5.32 Å². The molecular formula is C10H16ClF2NO2. The maximum absolute atomic E-state index is 13.3.